The number of hydrogen-bond acceptors (Lipinski definition) is 0. The van der Waals surface area contributed by atoms with E-state index in [4.69, 9.17) is 8.22 Å². The summed E-state index contributed by atoms with van der Waals surface area (Å²) < 4.78 is 89.3. The summed E-state index contributed by atoms with van der Waals surface area (Å²) in [6.45, 7) is -3.87. The average molecular weight is 362 g/mol. The molecule has 1 heterocycles. The first-order chi connectivity index (χ1) is 14.6. The largest absolute Gasteiger partial charge is 0.417 e. The Bertz CT molecular complexity index is 1150. The van der Waals surface area contributed by atoms with Crippen molar-refractivity contribution in [2.45, 2.75) is 26.8 Å². The van der Waals surface area contributed by atoms with Crippen LogP contribution in [-0.4, -0.2) is 0 Å². The molecular weight excluding hydrogens is 335 g/mol. The molecule has 0 spiro atoms. The molecule has 1 aromatic heterocycles. The lowest BCUT2D eigenvalue weighted by Crippen LogP contribution is -2.31. The summed E-state index contributed by atoms with van der Waals surface area (Å²) in [5, 5.41) is 0. The Kier molecular flexibility index (Phi) is 3.02. The Labute approximate surface area is 160 Å². The summed E-state index contributed by atoms with van der Waals surface area (Å²) in [5.74, 6) is 0. The third-order valence-corrected chi connectivity index (χ3v) is 4.30. The van der Waals surface area contributed by atoms with Gasteiger partial charge in [0.15, 0.2) is 6.20 Å². The highest BCUT2D eigenvalue weighted by Crippen LogP contribution is 2.40. The Balaban J connectivity index is 2.36. The van der Waals surface area contributed by atoms with Crippen molar-refractivity contribution in [3.05, 3.63) is 77.0 Å². The number of aromatic nitrogens is 1. The zero-order chi connectivity index (χ0) is 24.1. The maximum Gasteiger partial charge on any atom is 0.417 e. The molecule has 26 heavy (non-hydrogen) atoms. The van der Waals surface area contributed by atoms with Crippen LogP contribution >= 0.6 is 0 Å². The summed E-state index contributed by atoms with van der Waals surface area (Å²) >= 11 is 0. The zero-order valence-corrected chi connectivity index (χ0v) is 14.3. The van der Waals surface area contributed by atoms with Crippen molar-refractivity contribution in [1.82, 2.24) is 0 Å². The van der Waals surface area contributed by atoms with Crippen molar-refractivity contribution in [2.24, 2.45) is 7.05 Å². The molecule has 3 rings (SSSR count). The van der Waals surface area contributed by atoms with E-state index in [0.29, 0.717) is 16.8 Å². The van der Waals surface area contributed by atoms with E-state index in [-0.39, 0.29) is 22.3 Å². The molecule has 0 aliphatic carbocycles. The number of halogens is 3. The number of nitrogens with zero attached hydrogens (tertiary/aromatic N) is 1. The molecule has 0 amide bonds. The van der Waals surface area contributed by atoms with Gasteiger partial charge in [-0.05, 0) is 55.0 Å². The Morgan fingerprint density at radius 3 is 2.19 bits per heavy atom. The number of hydrogen-bond donors (Lipinski definition) is 0. The second-order valence-corrected chi connectivity index (χ2v) is 6.17. The van der Waals surface area contributed by atoms with Crippen LogP contribution in [0.25, 0.3) is 22.4 Å². The van der Waals surface area contributed by atoms with E-state index in [1.807, 2.05) is 0 Å². The fraction of sp³-hybridized carbons (Fsp3) is 0.227. The van der Waals surface area contributed by atoms with Gasteiger partial charge in [0.05, 0.1) is 5.56 Å². The topological polar surface area (TPSA) is 3.88 Å². The molecule has 0 saturated carbocycles. The standard InChI is InChI=1S/C22H21F3N/c1-14-11-21(26(4)13-16(14)3)18-12-19(17-8-6-5-7-9-17)20(10-15(18)2)22(23,24)25/h5-13H,1-4H3/q+1/i1D3,3D3. The molecule has 0 radical (unpaired) electrons. The van der Waals surface area contributed by atoms with Crippen molar-refractivity contribution < 1.29 is 26.0 Å². The van der Waals surface area contributed by atoms with Gasteiger partial charge in [0.1, 0.15) is 7.05 Å². The van der Waals surface area contributed by atoms with Crippen molar-refractivity contribution in [3.63, 3.8) is 0 Å². The SMILES string of the molecule is [2H]C([2H])([2H])c1cc(-c2cc(-c3ccccc3)c(C(F)(F)F)cc2C)[n+](C)cc1C([2H])([2H])[2H]. The third kappa shape index (κ3) is 3.36. The molecule has 2 aromatic carbocycles. The summed E-state index contributed by atoms with van der Waals surface area (Å²) in [4.78, 5) is 0. The van der Waals surface area contributed by atoms with Crippen LogP contribution in [0, 0.1) is 20.6 Å². The molecule has 0 bridgehead atoms. The van der Waals surface area contributed by atoms with E-state index in [1.54, 1.807) is 30.3 Å². The van der Waals surface area contributed by atoms with Gasteiger partial charge in [-0.25, -0.2) is 4.57 Å². The predicted octanol–water partition coefficient (Wildman–Crippen LogP) is 5.79. The highest BCUT2D eigenvalue weighted by atomic mass is 19.4. The van der Waals surface area contributed by atoms with Gasteiger partial charge >= 0.3 is 6.18 Å². The van der Waals surface area contributed by atoms with Crippen LogP contribution in [0.2, 0.25) is 0 Å². The minimum absolute atomic E-state index is 0.0472. The minimum atomic E-state index is -4.59. The first-order valence-corrected chi connectivity index (χ1v) is 7.93. The van der Waals surface area contributed by atoms with Crippen molar-refractivity contribution in [1.29, 1.82) is 0 Å². The van der Waals surface area contributed by atoms with Crippen molar-refractivity contribution >= 4 is 0 Å². The first-order valence-electron chi connectivity index (χ1n) is 10.9. The molecule has 0 aliphatic heterocycles. The Morgan fingerprint density at radius 1 is 0.885 bits per heavy atom. The number of pyridine rings is 1. The van der Waals surface area contributed by atoms with Crippen LogP contribution in [0.1, 0.15) is 30.5 Å². The molecule has 0 N–H and O–H groups in total. The predicted molar refractivity (Wildman–Crippen MR) is 97.7 cm³/mol. The lowest BCUT2D eigenvalue weighted by molar-refractivity contribution is -0.660. The quantitative estimate of drug-likeness (QED) is 0.508. The maximum atomic E-state index is 13.8. The molecule has 0 fully saturated rings. The smallest absolute Gasteiger partial charge is 0.201 e. The summed E-state index contributed by atoms with van der Waals surface area (Å²) in [6.07, 6.45) is -3.38. The fourth-order valence-electron chi connectivity index (χ4n) is 2.99. The molecular formula is C22H21F3N+. The number of alkyl halides is 3. The fourth-order valence-corrected chi connectivity index (χ4v) is 2.99. The highest BCUT2D eigenvalue weighted by molar-refractivity contribution is 5.76. The normalized spacial score (nSPS) is 16.0. The van der Waals surface area contributed by atoms with Gasteiger partial charge < -0.3 is 0 Å². The summed E-state index contributed by atoms with van der Waals surface area (Å²) in [6, 6.07) is 11.7. The van der Waals surface area contributed by atoms with E-state index < -0.39 is 25.4 Å². The lowest BCUT2D eigenvalue weighted by atomic mass is 9.92. The average Bonchev–Trinajstić information content (AvgIpc) is 2.66. The molecule has 1 nitrogen and oxygen atoms in total. The second kappa shape index (κ2) is 6.60. The molecule has 0 unspecified atom stereocenters. The van der Waals surface area contributed by atoms with Gasteiger partial charge in [-0.15, -0.1) is 0 Å². The molecule has 0 atom stereocenters. The van der Waals surface area contributed by atoms with Crippen LogP contribution in [0.4, 0.5) is 13.2 Å². The Morgan fingerprint density at radius 2 is 1.58 bits per heavy atom. The number of rotatable bonds is 2. The third-order valence-electron chi connectivity index (χ3n) is 4.30. The van der Waals surface area contributed by atoms with Gasteiger partial charge in [-0.3, -0.25) is 0 Å². The van der Waals surface area contributed by atoms with Crippen molar-refractivity contribution in [2.75, 3.05) is 0 Å². The molecule has 0 aliphatic rings. The lowest BCUT2D eigenvalue weighted by Gasteiger charge is -2.17. The van der Waals surface area contributed by atoms with Gasteiger partial charge in [-0.1, -0.05) is 30.3 Å². The molecule has 4 heteroatoms. The van der Waals surface area contributed by atoms with E-state index in [0.717, 1.165) is 6.07 Å². The minimum Gasteiger partial charge on any atom is -0.201 e. The Hall–Kier alpha value is -2.62. The monoisotopic (exact) mass is 362 g/mol. The van der Waals surface area contributed by atoms with Gasteiger partial charge in [0.25, 0.3) is 0 Å². The van der Waals surface area contributed by atoms with Gasteiger partial charge in [0.2, 0.25) is 5.69 Å². The first kappa shape index (κ1) is 11.9. The zero-order valence-electron chi connectivity index (χ0n) is 20.3. The van der Waals surface area contributed by atoms with E-state index in [9.17, 15) is 13.2 Å². The van der Waals surface area contributed by atoms with Gasteiger partial charge in [0, 0.05) is 25.4 Å². The van der Waals surface area contributed by atoms with Crippen LogP contribution < -0.4 is 4.57 Å². The molecule has 3 aromatic rings. The molecule has 134 valence electrons. The maximum absolute atomic E-state index is 13.8. The van der Waals surface area contributed by atoms with E-state index in [1.165, 1.54) is 36.9 Å². The van der Waals surface area contributed by atoms with Crippen LogP contribution in [0.15, 0.2) is 54.7 Å². The second-order valence-electron chi connectivity index (χ2n) is 6.17. The van der Waals surface area contributed by atoms with Crippen LogP contribution in [0.5, 0.6) is 0 Å². The van der Waals surface area contributed by atoms with Crippen LogP contribution in [0.3, 0.4) is 0 Å². The summed E-state index contributed by atoms with van der Waals surface area (Å²) in [5.41, 5.74) is -0.210. The highest BCUT2D eigenvalue weighted by Gasteiger charge is 2.35. The van der Waals surface area contributed by atoms with E-state index >= 15 is 0 Å². The summed E-state index contributed by atoms with van der Waals surface area (Å²) in [7, 11) is 1.53. The molecule has 0 saturated heterocycles. The van der Waals surface area contributed by atoms with Crippen molar-refractivity contribution in [3.8, 4) is 22.4 Å². The number of benzene rings is 2. The van der Waals surface area contributed by atoms with E-state index in [2.05, 4.69) is 0 Å². The number of aryl methyl sites for hydroxylation is 4. The van der Waals surface area contributed by atoms with Gasteiger partial charge in [-0.2, -0.15) is 13.2 Å². The van der Waals surface area contributed by atoms with Crippen LogP contribution in [-0.2, 0) is 13.2 Å².